The lowest BCUT2D eigenvalue weighted by molar-refractivity contribution is 0.467. The molecule has 0 saturated carbocycles. The molecule has 1 heterocycles. The maximum Gasteiger partial charge on any atom is 0.121 e. The van der Waals surface area contributed by atoms with E-state index in [9.17, 15) is 5.11 Å². The van der Waals surface area contributed by atoms with Gasteiger partial charge in [0, 0.05) is 6.20 Å². The Balaban J connectivity index is 2.28. The number of phenolic OH excluding ortho intramolecular Hbond substituents is 1. The second-order valence-corrected chi connectivity index (χ2v) is 3.97. The lowest BCUT2D eigenvalue weighted by Gasteiger charge is -2.04. The number of hydrogen-bond donors (Lipinski definition) is 1. The molecule has 0 spiro atoms. The highest BCUT2D eigenvalue weighted by Crippen LogP contribution is 2.23. The summed E-state index contributed by atoms with van der Waals surface area (Å²) in [6.07, 6.45) is 7.13. The van der Waals surface area contributed by atoms with Crippen molar-refractivity contribution in [3.63, 3.8) is 0 Å². The number of nitrogens with zero attached hydrogens (tertiary/aromatic N) is 2. The maximum atomic E-state index is 9.67. The van der Waals surface area contributed by atoms with E-state index in [-0.39, 0.29) is 0 Å². The van der Waals surface area contributed by atoms with Gasteiger partial charge in [-0.15, -0.1) is 0 Å². The number of aryl methyl sites for hydroxylation is 2. The Labute approximate surface area is 100 Å². The van der Waals surface area contributed by atoms with Crippen LogP contribution in [0.5, 0.6) is 5.75 Å². The summed E-state index contributed by atoms with van der Waals surface area (Å²) in [7, 11) is 0. The van der Waals surface area contributed by atoms with Crippen LogP contribution in [-0.2, 0) is 0 Å². The van der Waals surface area contributed by atoms with Crippen LogP contribution in [0.3, 0.4) is 0 Å². The van der Waals surface area contributed by atoms with Gasteiger partial charge in [-0.1, -0.05) is 6.08 Å². The fourth-order valence-electron chi connectivity index (χ4n) is 1.67. The van der Waals surface area contributed by atoms with Gasteiger partial charge >= 0.3 is 0 Å². The van der Waals surface area contributed by atoms with Crippen molar-refractivity contribution in [3.8, 4) is 5.75 Å². The molecule has 0 amide bonds. The van der Waals surface area contributed by atoms with Crippen molar-refractivity contribution in [2.24, 2.45) is 0 Å². The molecule has 2 aromatic rings. The van der Waals surface area contributed by atoms with Gasteiger partial charge in [-0.25, -0.2) is 9.97 Å². The molecule has 0 aliphatic rings. The number of aromatic hydroxyl groups is 1. The third-order valence-corrected chi connectivity index (χ3v) is 2.56. The van der Waals surface area contributed by atoms with Crippen molar-refractivity contribution >= 4 is 12.2 Å². The normalized spacial score (nSPS) is 10.9. The number of rotatable bonds is 2. The Kier molecular flexibility index (Phi) is 3.19. The number of hydrogen-bond acceptors (Lipinski definition) is 3. The van der Waals surface area contributed by atoms with Crippen LogP contribution >= 0.6 is 0 Å². The van der Waals surface area contributed by atoms with Gasteiger partial charge in [-0.05, 0) is 54.8 Å². The van der Waals surface area contributed by atoms with E-state index in [1.165, 1.54) is 6.33 Å². The Morgan fingerprint density at radius 3 is 2.41 bits per heavy atom. The summed E-state index contributed by atoms with van der Waals surface area (Å²) in [5.41, 5.74) is 3.68. The lowest BCUT2D eigenvalue weighted by Crippen LogP contribution is -1.84. The van der Waals surface area contributed by atoms with Crippen molar-refractivity contribution in [1.29, 1.82) is 0 Å². The van der Waals surface area contributed by atoms with Gasteiger partial charge in [-0.3, -0.25) is 0 Å². The van der Waals surface area contributed by atoms with Crippen LogP contribution in [-0.4, -0.2) is 15.1 Å². The summed E-state index contributed by atoms with van der Waals surface area (Å²) in [6, 6.07) is 5.73. The fourth-order valence-corrected chi connectivity index (χ4v) is 1.67. The van der Waals surface area contributed by atoms with Gasteiger partial charge in [-0.2, -0.15) is 0 Å². The van der Waals surface area contributed by atoms with Crippen LogP contribution in [0.2, 0.25) is 0 Å². The van der Waals surface area contributed by atoms with E-state index in [2.05, 4.69) is 9.97 Å². The minimum Gasteiger partial charge on any atom is -0.507 e. The van der Waals surface area contributed by atoms with Gasteiger partial charge in [0.2, 0.25) is 0 Å². The third-order valence-electron chi connectivity index (χ3n) is 2.56. The van der Waals surface area contributed by atoms with Crippen molar-refractivity contribution < 1.29 is 5.11 Å². The van der Waals surface area contributed by atoms with Crippen LogP contribution < -0.4 is 0 Å². The average molecular weight is 226 g/mol. The van der Waals surface area contributed by atoms with Crippen molar-refractivity contribution in [2.45, 2.75) is 13.8 Å². The molecule has 0 unspecified atom stereocenters. The molecule has 0 aliphatic heterocycles. The Hall–Kier alpha value is -2.16. The number of benzene rings is 1. The zero-order valence-electron chi connectivity index (χ0n) is 9.88. The summed E-state index contributed by atoms with van der Waals surface area (Å²) in [6.45, 7) is 3.79. The third kappa shape index (κ3) is 2.69. The molecule has 0 aliphatic carbocycles. The Bertz CT molecular complexity index is 524. The van der Waals surface area contributed by atoms with Gasteiger partial charge in [0.05, 0.1) is 5.69 Å². The van der Waals surface area contributed by atoms with E-state index >= 15 is 0 Å². The molecule has 3 heteroatoms. The summed E-state index contributed by atoms with van der Waals surface area (Å²) < 4.78 is 0. The van der Waals surface area contributed by atoms with E-state index in [0.29, 0.717) is 5.75 Å². The van der Waals surface area contributed by atoms with Crippen LogP contribution in [0, 0.1) is 13.8 Å². The molecule has 0 fully saturated rings. The molecular formula is C14H14N2O. The summed E-state index contributed by atoms with van der Waals surface area (Å²) in [4.78, 5) is 7.97. The lowest BCUT2D eigenvalue weighted by atomic mass is 10.1. The van der Waals surface area contributed by atoms with Crippen LogP contribution in [0.15, 0.2) is 30.7 Å². The molecular weight excluding hydrogens is 212 g/mol. The number of aromatic nitrogens is 2. The van der Waals surface area contributed by atoms with Crippen LogP contribution in [0.25, 0.3) is 12.2 Å². The van der Waals surface area contributed by atoms with Crippen molar-refractivity contribution in [2.75, 3.05) is 0 Å². The molecule has 86 valence electrons. The average Bonchev–Trinajstić information content (AvgIpc) is 2.34. The van der Waals surface area contributed by atoms with E-state index in [4.69, 9.17) is 0 Å². The molecule has 0 saturated heterocycles. The summed E-state index contributed by atoms with van der Waals surface area (Å²) in [5, 5.41) is 9.67. The first-order valence-corrected chi connectivity index (χ1v) is 5.41. The smallest absolute Gasteiger partial charge is 0.121 e. The standard InChI is InChI=1S/C14H14N2O/c1-10-7-12(8-11(2)14(10)17)3-4-13-5-6-15-9-16-13/h3-9,17H,1-2H3. The van der Waals surface area contributed by atoms with Gasteiger partial charge < -0.3 is 5.11 Å². The Morgan fingerprint density at radius 1 is 1.12 bits per heavy atom. The molecule has 2 rings (SSSR count). The quantitative estimate of drug-likeness (QED) is 0.856. The molecule has 1 N–H and O–H groups in total. The zero-order chi connectivity index (χ0) is 12.3. The minimum absolute atomic E-state index is 0.365. The van der Waals surface area contributed by atoms with E-state index in [0.717, 1.165) is 22.4 Å². The number of phenols is 1. The SMILES string of the molecule is Cc1cc(C=Cc2ccncn2)cc(C)c1O. The summed E-state index contributed by atoms with van der Waals surface area (Å²) in [5.74, 6) is 0.365. The zero-order valence-corrected chi connectivity index (χ0v) is 9.88. The van der Waals surface area contributed by atoms with Crippen molar-refractivity contribution in [3.05, 3.63) is 53.1 Å². The van der Waals surface area contributed by atoms with Crippen molar-refractivity contribution in [1.82, 2.24) is 9.97 Å². The molecule has 17 heavy (non-hydrogen) atoms. The highest BCUT2D eigenvalue weighted by Gasteiger charge is 2.01. The Morgan fingerprint density at radius 2 is 1.82 bits per heavy atom. The maximum absolute atomic E-state index is 9.67. The van der Waals surface area contributed by atoms with E-state index < -0.39 is 0 Å². The fraction of sp³-hybridized carbons (Fsp3) is 0.143. The monoisotopic (exact) mass is 226 g/mol. The molecule has 1 aromatic heterocycles. The highest BCUT2D eigenvalue weighted by molar-refractivity contribution is 5.69. The second-order valence-electron chi connectivity index (χ2n) is 3.97. The molecule has 0 atom stereocenters. The molecule has 1 aromatic carbocycles. The first-order chi connectivity index (χ1) is 8.16. The highest BCUT2D eigenvalue weighted by atomic mass is 16.3. The van der Waals surface area contributed by atoms with Crippen LogP contribution in [0.1, 0.15) is 22.4 Å². The molecule has 0 radical (unpaired) electrons. The van der Waals surface area contributed by atoms with Gasteiger partial charge in [0.1, 0.15) is 12.1 Å². The van der Waals surface area contributed by atoms with E-state index in [1.54, 1.807) is 6.20 Å². The van der Waals surface area contributed by atoms with Crippen LogP contribution in [0.4, 0.5) is 0 Å². The predicted molar refractivity (Wildman–Crippen MR) is 68.5 cm³/mol. The minimum atomic E-state index is 0.365. The second kappa shape index (κ2) is 4.78. The van der Waals surface area contributed by atoms with E-state index in [1.807, 2.05) is 44.2 Å². The predicted octanol–water partition coefficient (Wildman–Crippen LogP) is 2.97. The van der Waals surface area contributed by atoms with Gasteiger partial charge in [0.15, 0.2) is 0 Å². The summed E-state index contributed by atoms with van der Waals surface area (Å²) >= 11 is 0. The van der Waals surface area contributed by atoms with Gasteiger partial charge in [0.25, 0.3) is 0 Å². The molecule has 3 nitrogen and oxygen atoms in total. The molecule has 0 bridgehead atoms. The first-order valence-electron chi connectivity index (χ1n) is 5.41. The topological polar surface area (TPSA) is 46.0 Å². The first kappa shape index (κ1) is 11.3. The largest absolute Gasteiger partial charge is 0.507 e.